The van der Waals surface area contributed by atoms with Gasteiger partial charge in [0.2, 0.25) is 0 Å². The minimum Gasteiger partial charge on any atom is -0.380 e. The van der Waals surface area contributed by atoms with Crippen LogP contribution < -0.4 is 5.73 Å². The molecule has 0 bridgehead atoms. The fourth-order valence-corrected chi connectivity index (χ4v) is 3.29. The highest BCUT2D eigenvalue weighted by Crippen LogP contribution is 2.29. The third-order valence-corrected chi connectivity index (χ3v) is 4.35. The maximum absolute atomic E-state index is 6.03. The lowest BCUT2D eigenvalue weighted by molar-refractivity contribution is 0.185. The molecule has 1 fully saturated rings. The Bertz CT molecular complexity index is 390. The minimum atomic E-state index is 0.369. The molecule has 2 N–H and O–H groups in total. The van der Waals surface area contributed by atoms with Crippen LogP contribution in [0.1, 0.15) is 43.4 Å². The Morgan fingerprint density at radius 1 is 1.35 bits per heavy atom. The number of methoxy groups -OCH3 is 1. The number of likely N-dealkylation sites (tertiary alicyclic amines) is 1. The van der Waals surface area contributed by atoms with E-state index in [1.807, 2.05) is 0 Å². The van der Waals surface area contributed by atoms with Crippen LogP contribution in [0, 0.1) is 5.92 Å². The molecule has 0 saturated carbocycles. The van der Waals surface area contributed by atoms with E-state index in [1.54, 1.807) is 7.11 Å². The van der Waals surface area contributed by atoms with E-state index in [0.29, 0.717) is 19.2 Å². The molecule has 3 heteroatoms. The fraction of sp³-hybridized carbons (Fsp3) is 0.647. The van der Waals surface area contributed by atoms with Crippen molar-refractivity contribution >= 4 is 0 Å². The molecule has 1 heterocycles. The summed E-state index contributed by atoms with van der Waals surface area (Å²) in [5.41, 5.74) is 8.59. The Kier molecular flexibility index (Phi) is 6.02. The summed E-state index contributed by atoms with van der Waals surface area (Å²) in [7, 11) is 1.73. The predicted molar refractivity (Wildman–Crippen MR) is 83.5 cm³/mol. The Hall–Kier alpha value is -0.900. The molecule has 1 aromatic rings. The van der Waals surface area contributed by atoms with E-state index in [2.05, 4.69) is 36.1 Å². The van der Waals surface area contributed by atoms with Gasteiger partial charge >= 0.3 is 0 Å². The van der Waals surface area contributed by atoms with Gasteiger partial charge in [0.15, 0.2) is 0 Å². The van der Waals surface area contributed by atoms with Crippen LogP contribution in [0.3, 0.4) is 0 Å². The molecule has 0 radical (unpaired) electrons. The van der Waals surface area contributed by atoms with Gasteiger partial charge in [-0.3, -0.25) is 4.90 Å². The molecule has 1 aliphatic heterocycles. The lowest BCUT2D eigenvalue weighted by Gasteiger charge is -2.27. The molecule has 20 heavy (non-hydrogen) atoms. The summed E-state index contributed by atoms with van der Waals surface area (Å²) in [4.78, 5) is 2.56. The van der Waals surface area contributed by atoms with Gasteiger partial charge < -0.3 is 10.5 Å². The number of ether oxygens (including phenoxy) is 1. The normalized spacial score (nSPS) is 21.2. The Balaban J connectivity index is 2.01. The van der Waals surface area contributed by atoms with Crippen LogP contribution in [0.2, 0.25) is 0 Å². The van der Waals surface area contributed by atoms with Crippen LogP contribution in [0.4, 0.5) is 0 Å². The van der Waals surface area contributed by atoms with Crippen molar-refractivity contribution in [1.29, 1.82) is 0 Å². The van der Waals surface area contributed by atoms with Gasteiger partial charge in [0.25, 0.3) is 0 Å². The van der Waals surface area contributed by atoms with E-state index in [9.17, 15) is 0 Å². The van der Waals surface area contributed by atoms with E-state index < -0.39 is 0 Å². The molecule has 2 unspecified atom stereocenters. The summed E-state index contributed by atoms with van der Waals surface area (Å²) in [6.45, 7) is 6.04. The van der Waals surface area contributed by atoms with Crippen LogP contribution in [0.15, 0.2) is 24.3 Å². The number of hydrogen-bond acceptors (Lipinski definition) is 3. The summed E-state index contributed by atoms with van der Waals surface area (Å²) in [5.74, 6) is 0.863. The Morgan fingerprint density at radius 3 is 2.70 bits per heavy atom. The van der Waals surface area contributed by atoms with Gasteiger partial charge in [-0.15, -0.1) is 0 Å². The maximum Gasteiger partial charge on any atom is 0.0713 e. The summed E-state index contributed by atoms with van der Waals surface area (Å²) >= 11 is 0. The number of hydrogen-bond donors (Lipinski definition) is 1. The third-order valence-electron chi connectivity index (χ3n) is 4.35. The average molecular weight is 276 g/mol. The van der Waals surface area contributed by atoms with Crippen LogP contribution >= 0.6 is 0 Å². The molecule has 112 valence electrons. The lowest BCUT2D eigenvalue weighted by Crippen LogP contribution is -2.32. The Labute approximate surface area is 123 Å². The first-order chi connectivity index (χ1) is 9.78. The van der Waals surface area contributed by atoms with Gasteiger partial charge in [-0.05, 0) is 36.4 Å². The number of nitrogens with zero attached hydrogens (tertiary/aromatic N) is 1. The quantitative estimate of drug-likeness (QED) is 0.832. The first-order valence-corrected chi connectivity index (χ1v) is 7.80. The van der Waals surface area contributed by atoms with Crippen molar-refractivity contribution in [2.75, 3.05) is 26.7 Å². The zero-order valence-electron chi connectivity index (χ0n) is 12.8. The van der Waals surface area contributed by atoms with Crippen molar-refractivity contribution in [1.82, 2.24) is 4.90 Å². The van der Waals surface area contributed by atoms with Crippen molar-refractivity contribution in [3.8, 4) is 0 Å². The smallest absolute Gasteiger partial charge is 0.0713 e. The second-order valence-corrected chi connectivity index (χ2v) is 5.86. The maximum atomic E-state index is 6.03. The van der Waals surface area contributed by atoms with E-state index in [1.165, 1.54) is 43.5 Å². The van der Waals surface area contributed by atoms with Crippen molar-refractivity contribution < 1.29 is 4.74 Å². The standard InChI is InChI=1S/C17H28N2O/c1-3-4-14-9-10-19(12-14)17(11-18)16-7-5-15(6-8-16)13-20-2/h5-8,14,17H,3-4,9-13,18H2,1-2H3. The summed E-state index contributed by atoms with van der Waals surface area (Å²) in [6, 6.07) is 9.09. The summed E-state index contributed by atoms with van der Waals surface area (Å²) in [6.07, 6.45) is 3.96. The van der Waals surface area contributed by atoms with Gasteiger partial charge in [0.05, 0.1) is 6.61 Å². The number of benzene rings is 1. The van der Waals surface area contributed by atoms with Crippen LogP contribution in [0.5, 0.6) is 0 Å². The molecular weight excluding hydrogens is 248 g/mol. The number of nitrogens with two attached hydrogens (primary N) is 1. The van der Waals surface area contributed by atoms with Crippen LogP contribution in [0.25, 0.3) is 0 Å². The topological polar surface area (TPSA) is 38.5 Å². The highest BCUT2D eigenvalue weighted by atomic mass is 16.5. The van der Waals surface area contributed by atoms with Crippen molar-refractivity contribution in [2.45, 2.75) is 38.8 Å². The summed E-state index contributed by atoms with van der Waals surface area (Å²) in [5, 5.41) is 0. The highest BCUT2D eigenvalue weighted by molar-refractivity contribution is 5.25. The molecule has 1 aliphatic rings. The van der Waals surface area contributed by atoms with Gasteiger partial charge in [-0.25, -0.2) is 0 Å². The van der Waals surface area contributed by atoms with Crippen molar-refractivity contribution in [3.05, 3.63) is 35.4 Å². The van der Waals surface area contributed by atoms with Gasteiger partial charge in [-0.1, -0.05) is 37.6 Å². The zero-order valence-corrected chi connectivity index (χ0v) is 12.8. The second-order valence-electron chi connectivity index (χ2n) is 5.86. The second kappa shape index (κ2) is 7.77. The van der Waals surface area contributed by atoms with Gasteiger partial charge in [-0.2, -0.15) is 0 Å². The van der Waals surface area contributed by atoms with Gasteiger partial charge in [0.1, 0.15) is 0 Å². The molecule has 2 atom stereocenters. The fourth-order valence-electron chi connectivity index (χ4n) is 3.29. The molecule has 3 nitrogen and oxygen atoms in total. The van der Waals surface area contributed by atoms with Crippen molar-refractivity contribution in [2.24, 2.45) is 11.7 Å². The van der Waals surface area contributed by atoms with Gasteiger partial charge in [0, 0.05) is 26.2 Å². The van der Waals surface area contributed by atoms with E-state index >= 15 is 0 Å². The minimum absolute atomic E-state index is 0.369. The van der Waals surface area contributed by atoms with E-state index in [-0.39, 0.29) is 0 Å². The largest absolute Gasteiger partial charge is 0.380 e. The lowest BCUT2D eigenvalue weighted by atomic mass is 10.0. The molecule has 0 aromatic heterocycles. The first-order valence-electron chi connectivity index (χ1n) is 7.80. The molecule has 1 aromatic carbocycles. The van der Waals surface area contributed by atoms with Crippen LogP contribution in [-0.2, 0) is 11.3 Å². The molecular formula is C17H28N2O. The SMILES string of the molecule is CCCC1CCN(C(CN)c2ccc(COC)cc2)C1. The van der Waals surface area contributed by atoms with E-state index in [0.717, 1.165) is 5.92 Å². The Morgan fingerprint density at radius 2 is 2.10 bits per heavy atom. The molecule has 2 rings (SSSR count). The number of rotatable bonds is 7. The van der Waals surface area contributed by atoms with E-state index in [4.69, 9.17) is 10.5 Å². The highest BCUT2D eigenvalue weighted by Gasteiger charge is 2.27. The zero-order chi connectivity index (χ0) is 14.4. The van der Waals surface area contributed by atoms with Crippen LogP contribution in [-0.4, -0.2) is 31.6 Å². The van der Waals surface area contributed by atoms with Crippen molar-refractivity contribution in [3.63, 3.8) is 0 Å². The molecule has 0 spiro atoms. The monoisotopic (exact) mass is 276 g/mol. The molecule has 0 amide bonds. The predicted octanol–water partition coefficient (Wildman–Crippen LogP) is 2.95. The molecule has 1 saturated heterocycles. The first kappa shape index (κ1) is 15.5. The molecule has 0 aliphatic carbocycles. The third kappa shape index (κ3) is 3.81. The summed E-state index contributed by atoms with van der Waals surface area (Å²) < 4.78 is 5.16. The average Bonchev–Trinajstić information content (AvgIpc) is 2.91.